The summed E-state index contributed by atoms with van der Waals surface area (Å²) in [5, 5.41) is 7.92. The van der Waals surface area contributed by atoms with Crippen LogP contribution in [0.2, 0.25) is 0 Å². The van der Waals surface area contributed by atoms with Gasteiger partial charge in [-0.05, 0) is 71.0 Å². The third-order valence-electron chi connectivity index (χ3n) is 12.2. The molecule has 57 heavy (non-hydrogen) atoms. The number of hydrazine groups is 1. The largest absolute Gasteiger partial charge is 0.309 e. The molecule has 2 aliphatic heterocycles. The van der Waals surface area contributed by atoms with E-state index in [0.29, 0.717) is 0 Å². The molecule has 12 rings (SSSR count). The number of aryl methyl sites for hydroxylation is 1. The molecule has 1 fully saturated rings. The molecule has 1 saturated heterocycles. The van der Waals surface area contributed by atoms with Crippen LogP contribution in [0.4, 0.5) is 0 Å². The standard InChI is InChI=1S/C50H35N3.C2H6.H4N2/c1-3-15-32(16-4-1)49-50(51-49,33-17-5-2-6-18-33)34-19-13-20-35(31-34)52-43-26-10-8-23-38(43)41-30-29-39-36-21-7-11-27-44(36)53-45-28-12-9-22-37(45)40-24-14-25-42(47(40)53)46(39)48(41)52;2*1-2/h1-28,31,49,51H,29-30H2;1-2H3;1-2H2. The van der Waals surface area contributed by atoms with Crippen molar-refractivity contribution in [1.82, 2.24) is 14.5 Å². The topological polar surface area (TPSA) is 83.8 Å². The van der Waals surface area contributed by atoms with E-state index in [9.17, 15) is 0 Å². The highest BCUT2D eigenvalue weighted by molar-refractivity contribution is 6.18. The fraction of sp³-hybridized carbons (Fsp3) is 0.115. The van der Waals surface area contributed by atoms with E-state index in [1.807, 2.05) is 13.8 Å². The van der Waals surface area contributed by atoms with Crippen LogP contribution in [0, 0.1) is 0 Å². The highest BCUT2D eigenvalue weighted by Gasteiger charge is 2.56. The highest BCUT2D eigenvalue weighted by Crippen LogP contribution is 2.55. The van der Waals surface area contributed by atoms with Gasteiger partial charge in [-0.3, -0.25) is 17.0 Å². The van der Waals surface area contributed by atoms with Gasteiger partial charge in [0.15, 0.2) is 0 Å². The molecule has 1 aliphatic carbocycles. The molecule has 9 aromatic rings. The second kappa shape index (κ2) is 13.9. The zero-order valence-corrected chi connectivity index (χ0v) is 32.3. The molecule has 278 valence electrons. The van der Waals surface area contributed by atoms with Crippen LogP contribution in [0.3, 0.4) is 0 Å². The monoisotopic (exact) mass is 739 g/mol. The fourth-order valence-electron chi connectivity index (χ4n) is 9.99. The Hall–Kier alpha value is -6.50. The molecule has 5 N–H and O–H groups in total. The Bertz CT molecular complexity index is 2990. The minimum absolute atomic E-state index is 0.184. The maximum atomic E-state index is 4.00. The molecule has 2 aromatic heterocycles. The van der Waals surface area contributed by atoms with Crippen LogP contribution in [-0.2, 0) is 12.0 Å². The van der Waals surface area contributed by atoms with Gasteiger partial charge in [-0.1, -0.05) is 159 Å². The summed E-state index contributed by atoms with van der Waals surface area (Å²) < 4.78 is 5.12. The molecular formula is C52H45N5. The third-order valence-corrected chi connectivity index (χ3v) is 12.2. The Kier molecular flexibility index (Phi) is 8.53. The van der Waals surface area contributed by atoms with E-state index in [2.05, 4.69) is 202 Å². The SMILES string of the molecule is CC.NN.c1ccc(C2NC2(c2ccccc2)c2cccc(-n3c4c(c5ccccc53)CCC3=C4c4cccc5c6ccccc6n(c45)-c4ccccc43)c2)cc1. The molecule has 0 spiro atoms. The molecule has 4 heterocycles. The van der Waals surface area contributed by atoms with Gasteiger partial charge >= 0.3 is 0 Å². The smallest absolute Gasteiger partial charge is 0.0895 e. The van der Waals surface area contributed by atoms with E-state index >= 15 is 0 Å². The first kappa shape index (κ1) is 35.0. The number of hydrogen-bond acceptors (Lipinski definition) is 3. The van der Waals surface area contributed by atoms with Gasteiger partial charge in [0.2, 0.25) is 0 Å². The quantitative estimate of drug-likeness (QED) is 0.0954. The van der Waals surface area contributed by atoms with Crippen molar-refractivity contribution in [2.45, 2.75) is 38.3 Å². The van der Waals surface area contributed by atoms with Crippen molar-refractivity contribution in [2.24, 2.45) is 11.7 Å². The van der Waals surface area contributed by atoms with Gasteiger partial charge in [0.05, 0.1) is 39.5 Å². The molecule has 3 aliphatic rings. The van der Waals surface area contributed by atoms with Gasteiger partial charge in [-0.25, -0.2) is 0 Å². The second-order valence-corrected chi connectivity index (χ2v) is 14.8. The first-order valence-electron chi connectivity index (χ1n) is 20.1. The Morgan fingerprint density at radius 1 is 0.544 bits per heavy atom. The number of nitrogens with two attached hydrogens (primary N) is 2. The lowest BCUT2D eigenvalue weighted by Gasteiger charge is -2.25. The lowest BCUT2D eigenvalue weighted by atomic mass is 9.82. The zero-order valence-electron chi connectivity index (χ0n) is 32.3. The Balaban J connectivity index is 0.000000962. The van der Waals surface area contributed by atoms with Gasteiger partial charge in [0.1, 0.15) is 0 Å². The summed E-state index contributed by atoms with van der Waals surface area (Å²) in [6.45, 7) is 4.00. The van der Waals surface area contributed by atoms with E-state index in [1.54, 1.807) is 0 Å². The Morgan fingerprint density at radius 2 is 1.14 bits per heavy atom. The molecule has 2 unspecified atom stereocenters. The van der Waals surface area contributed by atoms with Crippen LogP contribution in [0.5, 0.6) is 0 Å². The number of para-hydroxylation sites is 4. The van der Waals surface area contributed by atoms with Crippen LogP contribution >= 0.6 is 0 Å². The predicted molar refractivity (Wildman–Crippen MR) is 238 cm³/mol. The van der Waals surface area contributed by atoms with Gasteiger partial charge in [-0.2, -0.15) is 0 Å². The third kappa shape index (κ3) is 5.06. The number of rotatable bonds is 4. The fourth-order valence-corrected chi connectivity index (χ4v) is 9.99. The van der Waals surface area contributed by atoms with Crippen molar-refractivity contribution in [3.8, 4) is 11.4 Å². The van der Waals surface area contributed by atoms with Gasteiger partial charge in [-0.15, -0.1) is 0 Å². The molecule has 0 saturated carbocycles. The first-order valence-corrected chi connectivity index (χ1v) is 20.1. The average molecular weight is 740 g/mol. The molecule has 0 amide bonds. The highest BCUT2D eigenvalue weighted by atomic mass is 15.2. The van der Waals surface area contributed by atoms with Crippen molar-refractivity contribution < 1.29 is 0 Å². The second-order valence-electron chi connectivity index (χ2n) is 14.8. The Labute approximate surface area is 333 Å². The molecule has 2 atom stereocenters. The summed E-state index contributed by atoms with van der Waals surface area (Å²) >= 11 is 0. The van der Waals surface area contributed by atoms with Crippen LogP contribution in [0.15, 0.2) is 176 Å². The molecule has 5 nitrogen and oxygen atoms in total. The maximum absolute atomic E-state index is 4.00. The van der Waals surface area contributed by atoms with Crippen LogP contribution in [0.1, 0.15) is 65.4 Å². The number of aromatic nitrogens is 2. The van der Waals surface area contributed by atoms with Crippen molar-refractivity contribution in [1.29, 1.82) is 0 Å². The Morgan fingerprint density at radius 3 is 1.93 bits per heavy atom. The van der Waals surface area contributed by atoms with Crippen molar-refractivity contribution in [3.63, 3.8) is 0 Å². The number of fused-ring (bicyclic) bond motifs is 11. The molecular weight excluding hydrogens is 695 g/mol. The molecule has 5 heteroatoms. The number of hydrogen-bond donors (Lipinski definition) is 3. The van der Waals surface area contributed by atoms with E-state index in [-0.39, 0.29) is 11.6 Å². The lowest BCUT2D eigenvalue weighted by Crippen LogP contribution is -2.16. The lowest BCUT2D eigenvalue weighted by molar-refractivity contribution is 0.785. The summed E-state index contributed by atoms with van der Waals surface area (Å²) in [5.74, 6) is 8.00. The summed E-state index contributed by atoms with van der Waals surface area (Å²) in [6, 6.07) is 65.4. The molecule has 0 radical (unpaired) electrons. The normalized spacial score (nSPS) is 17.4. The van der Waals surface area contributed by atoms with E-state index in [4.69, 9.17) is 0 Å². The molecule has 7 aromatic carbocycles. The minimum atomic E-state index is -0.320. The van der Waals surface area contributed by atoms with Gasteiger partial charge in [0.25, 0.3) is 0 Å². The number of allylic oxidation sites excluding steroid dienone is 1. The first-order chi connectivity index (χ1) is 28.3. The van der Waals surface area contributed by atoms with Crippen LogP contribution in [0.25, 0.3) is 55.2 Å². The number of nitrogens with zero attached hydrogens (tertiary/aromatic N) is 2. The maximum Gasteiger partial charge on any atom is 0.0895 e. The number of benzene rings is 7. The summed E-state index contributed by atoms with van der Waals surface area (Å²) in [5.41, 5.74) is 18.0. The van der Waals surface area contributed by atoms with Gasteiger partial charge < -0.3 is 9.13 Å². The van der Waals surface area contributed by atoms with Gasteiger partial charge in [0, 0.05) is 38.5 Å². The average Bonchev–Trinajstić information content (AvgIpc) is 3.89. The van der Waals surface area contributed by atoms with Crippen molar-refractivity contribution in [3.05, 3.63) is 215 Å². The van der Waals surface area contributed by atoms with Crippen molar-refractivity contribution >= 4 is 43.9 Å². The molecule has 0 bridgehead atoms. The zero-order chi connectivity index (χ0) is 38.7. The minimum Gasteiger partial charge on any atom is -0.309 e. The van der Waals surface area contributed by atoms with E-state index in [0.717, 1.165) is 12.8 Å². The van der Waals surface area contributed by atoms with Crippen molar-refractivity contribution in [2.75, 3.05) is 0 Å². The predicted octanol–water partition coefficient (Wildman–Crippen LogP) is 11.4. The van der Waals surface area contributed by atoms with E-state index < -0.39 is 0 Å². The summed E-state index contributed by atoms with van der Waals surface area (Å²) in [4.78, 5) is 0. The summed E-state index contributed by atoms with van der Waals surface area (Å²) in [7, 11) is 0. The summed E-state index contributed by atoms with van der Waals surface area (Å²) in [6.07, 6.45) is 1.99. The van der Waals surface area contributed by atoms with Crippen LogP contribution < -0.4 is 17.0 Å². The number of nitrogens with one attached hydrogen (secondary N) is 1. The van der Waals surface area contributed by atoms with Crippen LogP contribution in [-0.4, -0.2) is 9.13 Å². The van der Waals surface area contributed by atoms with E-state index in [1.165, 1.54) is 94.3 Å².